The predicted molar refractivity (Wildman–Crippen MR) is 61.5 cm³/mol. The molecule has 0 saturated heterocycles. The van der Waals surface area contributed by atoms with Gasteiger partial charge < -0.3 is 10.4 Å². The Morgan fingerprint density at radius 3 is 2.60 bits per heavy atom. The molecule has 1 aromatic carbocycles. The van der Waals surface area contributed by atoms with Gasteiger partial charge in [0, 0.05) is 12.6 Å². The molecule has 2 rings (SSSR count). The fraction of sp³-hybridized carbons (Fsp3) is 0.538. The largest absolute Gasteiger partial charge is 0.395 e. The third-order valence-corrected chi connectivity index (χ3v) is 2.97. The average Bonchev–Trinajstić information content (AvgIpc) is 3.09. The smallest absolute Gasteiger partial charge is 0.0584 e. The Hall–Kier alpha value is -0.860. The molecule has 2 nitrogen and oxygen atoms in total. The predicted octanol–water partition coefficient (Wildman–Crippen LogP) is 1.94. The summed E-state index contributed by atoms with van der Waals surface area (Å²) in [4.78, 5) is 0. The first-order valence-electron chi connectivity index (χ1n) is 5.76. The van der Waals surface area contributed by atoms with Gasteiger partial charge in [-0.15, -0.1) is 0 Å². The number of aliphatic hydroxyl groups excluding tert-OH is 1. The van der Waals surface area contributed by atoms with E-state index in [1.54, 1.807) is 0 Å². The molecule has 1 atom stereocenters. The van der Waals surface area contributed by atoms with Crippen LogP contribution < -0.4 is 5.32 Å². The van der Waals surface area contributed by atoms with Gasteiger partial charge in [0.05, 0.1) is 6.61 Å². The van der Waals surface area contributed by atoms with Gasteiger partial charge in [-0.05, 0) is 17.9 Å². The molecule has 1 saturated carbocycles. The number of rotatable bonds is 6. The van der Waals surface area contributed by atoms with Gasteiger partial charge in [0.1, 0.15) is 0 Å². The van der Waals surface area contributed by atoms with E-state index >= 15 is 0 Å². The van der Waals surface area contributed by atoms with E-state index in [9.17, 15) is 5.11 Å². The quantitative estimate of drug-likeness (QED) is 0.744. The number of benzene rings is 1. The van der Waals surface area contributed by atoms with E-state index < -0.39 is 0 Å². The molecule has 0 aliphatic heterocycles. The van der Waals surface area contributed by atoms with Gasteiger partial charge in [-0.25, -0.2) is 0 Å². The minimum absolute atomic E-state index is 0.253. The van der Waals surface area contributed by atoms with Crippen LogP contribution in [0.25, 0.3) is 0 Å². The van der Waals surface area contributed by atoms with Crippen LogP contribution >= 0.6 is 0 Å². The number of nitrogens with one attached hydrogen (secondary N) is 1. The van der Waals surface area contributed by atoms with E-state index in [1.807, 2.05) is 18.2 Å². The lowest BCUT2D eigenvalue weighted by molar-refractivity contribution is 0.230. The van der Waals surface area contributed by atoms with Crippen molar-refractivity contribution in [2.24, 2.45) is 5.92 Å². The van der Waals surface area contributed by atoms with Gasteiger partial charge in [-0.2, -0.15) is 0 Å². The number of hydrogen-bond acceptors (Lipinski definition) is 2. The van der Waals surface area contributed by atoms with Crippen molar-refractivity contribution in [1.29, 1.82) is 0 Å². The van der Waals surface area contributed by atoms with Crippen LogP contribution in [0.3, 0.4) is 0 Å². The molecule has 82 valence electrons. The molecule has 0 spiro atoms. The van der Waals surface area contributed by atoms with Crippen LogP contribution in [0.15, 0.2) is 30.3 Å². The molecule has 1 unspecified atom stereocenters. The lowest BCUT2D eigenvalue weighted by Gasteiger charge is -2.15. The second-order valence-corrected chi connectivity index (χ2v) is 4.43. The molecule has 0 radical (unpaired) electrons. The van der Waals surface area contributed by atoms with Gasteiger partial charge in [0.2, 0.25) is 0 Å². The Bertz CT molecular complexity index is 282. The first-order valence-corrected chi connectivity index (χ1v) is 5.76. The van der Waals surface area contributed by atoms with Crippen molar-refractivity contribution in [3.63, 3.8) is 0 Å². The van der Waals surface area contributed by atoms with Crippen molar-refractivity contribution in [1.82, 2.24) is 5.32 Å². The number of hydrogen-bond donors (Lipinski definition) is 2. The Kier molecular flexibility index (Phi) is 3.75. The molecular weight excluding hydrogens is 186 g/mol. The molecule has 2 heteroatoms. The third-order valence-electron chi connectivity index (χ3n) is 2.97. The Balaban J connectivity index is 1.75. The Labute approximate surface area is 91.3 Å². The molecule has 15 heavy (non-hydrogen) atoms. The summed E-state index contributed by atoms with van der Waals surface area (Å²) in [7, 11) is 0. The van der Waals surface area contributed by atoms with Crippen molar-refractivity contribution < 1.29 is 5.11 Å². The van der Waals surface area contributed by atoms with Crippen molar-refractivity contribution >= 4 is 0 Å². The standard InChI is InChI=1S/C13H19NO/c15-10-13(8-11-6-7-11)14-9-12-4-2-1-3-5-12/h1-5,11,13-15H,6-10H2. The van der Waals surface area contributed by atoms with Crippen LogP contribution in [0.5, 0.6) is 0 Å². The lowest BCUT2D eigenvalue weighted by Crippen LogP contribution is -2.32. The Morgan fingerprint density at radius 2 is 2.00 bits per heavy atom. The first kappa shape index (κ1) is 10.7. The van der Waals surface area contributed by atoms with Crippen molar-refractivity contribution in [3.05, 3.63) is 35.9 Å². The van der Waals surface area contributed by atoms with Crippen LogP contribution in [0, 0.1) is 5.92 Å². The zero-order valence-electron chi connectivity index (χ0n) is 9.02. The van der Waals surface area contributed by atoms with Gasteiger partial charge in [-0.3, -0.25) is 0 Å². The van der Waals surface area contributed by atoms with E-state index in [4.69, 9.17) is 0 Å². The van der Waals surface area contributed by atoms with Gasteiger partial charge in [0.25, 0.3) is 0 Å². The highest BCUT2D eigenvalue weighted by molar-refractivity contribution is 5.14. The summed E-state index contributed by atoms with van der Waals surface area (Å²) in [5.41, 5.74) is 1.28. The molecule has 0 aromatic heterocycles. The second kappa shape index (κ2) is 5.29. The van der Waals surface area contributed by atoms with Crippen LogP contribution in [-0.4, -0.2) is 17.8 Å². The fourth-order valence-corrected chi connectivity index (χ4v) is 1.84. The molecule has 0 bridgehead atoms. The van der Waals surface area contributed by atoms with Gasteiger partial charge >= 0.3 is 0 Å². The highest BCUT2D eigenvalue weighted by Gasteiger charge is 2.24. The van der Waals surface area contributed by atoms with E-state index in [1.165, 1.54) is 18.4 Å². The van der Waals surface area contributed by atoms with E-state index in [0.29, 0.717) is 0 Å². The monoisotopic (exact) mass is 205 g/mol. The lowest BCUT2D eigenvalue weighted by atomic mass is 10.1. The second-order valence-electron chi connectivity index (χ2n) is 4.43. The summed E-state index contributed by atoms with van der Waals surface area (Å²) in [6.45, 7) is 1.11. The van der Waals surface area contributed by atoms with Crippen LogP contribution in [0.1, 0.15) is 24.8 Å². The fourth-order valence-electron chi connectivity index (χ4n) is 1.84. The molecule has 0 heterocycles. The Morgan fingerprint density at radius 1 is 1.27 bits per heavy atom. The van der Waals surface area contributed by atoms with Crippen LogP contribution in [-0.2, 0) is 6.54 Å². The van der Waals surface area contributed by atoms with Crippen LogP contribution in [0.4, 0.5) is 0 Å². The molecular formula is C13H19NO. The summed E-state index contributed by atoms with van der Waals surface area (Å²) >= 11 is 0. The number of aliphatic hydroxyl groups is 1. The van der Waals surface area contributed by atoms with Crippen molar-refractivity contribution in [2.45, 2.75) is 31.8 Å². The topological polar surface area (TPSA) is 32.3 Å². The van der Waals surface area contributed by atoms with E-state index in [-0.39, 0.29) is 12.6 Å². The van der Waals surface area contributed by atoms with Gasteiger partial charge in [-0.1, -0.05) is 43.2 Å². The third kappa shape index (κ3) is 3.65. The summed E-state index contributed by atoms with van der Waals surface area (Å²) < 4.78 is 0. The zero-order valence-corrected chi connectivity index (χ0v) is 9.02. The maximum atomic E-state index is 9.22. The summed E-state index contributed by atoms with van der Waals surface area (Å²) in [6, 6.07) is 10.6. The summed E-state index contributed by atoms with van der Waals surface area (Å²) in [5, 5.41) is 12.6. The molecule has 1 fully saturated rings. The molecule has 1 aromatic rings. The SMILES string of the molecule is OCC(CC1CC1)NCc1ccccc1. The molecule has 1 aliphatic rings. The first-order chi connectivity index (χ1) is 7.38. The normalized spacial score (nSPS) is 17.7. The van der Waals surface area contributed by atoms with Crippen molar-refractivity contribution in [3.8, 4) is 0 Å². The minimum atomic E-state index is 0.253. The summed E-state index contributed by atoms with van der Waals surface area (Å²) in [6.07, 6.45) is 3.83. The molecule has 2 N–H and O–H groups in total. The summed E-state index contributed by atoms with van der Waals surface area (Å²) in [5.74, 6) is 0.866. The highest BCUT2D eigenvalue weighted by atomic mass is 16.3. The average molecular weight is 205 g/mol. The van der Waals surface area contributed by atoms with Gasteiger partial charge in [0.15, 0.2) is 0 Å². The van der Waals surface area contributed by atoms with Crippen molar-refractivity contribution in [2.75, 3.05) is 6.61 Å². The molecule has 0 amide bonds. The maximum Gasteiger partial charge on any atom is 0.0584 e. The van der Waals surface area contributed by atoms with E-state index in [0.717, 1.165) is 18.9 Å². The zero-order chi connectivity index (χ0) is 10.5. The molecule has 1 aliphatic carbocycles. The maximum absolute atomic E-state index is 9.22. The van der Waals surface area contributed by atoms with Crippen LogP contribution in [0.2, 0.25) is 0 Å². The van der Waals surface area contributed by atoms with E-state index in [2.05, 4.69) is 17.4 Å². The minimum Gasteiger partial charge on any atom is -0.395 e. The highest BCUT2D eigenvalue weighted by Crippen LogP contribution is 2.33.